The number of hydrogen-bond acceptors (Lipinski definition) is 4. The Bertz CT molecular complexity index is 712. The van der Waals surface area contributed by atoms with E-state index in [1.807, 2.05) is 38.1 Å². The van der Waals surface area contributed by atoms with Gasteiger partial charge in [0.2, 0.25) is 0 Å². The van der Waals surface area contributed by atoms with E-state index >= 15 is 0 Å². The predicted octanol–water partition coefficient (Wildman–Crippen LogP) is 4.56. The Balaban J connectivity index is 1.99. The van der Waals surface area contributed by atoms with Crippen LogP contribution in [0, 0.1) is 13.8 Å². The van der Waals surface area contributed by atoms with Gasteiger partial charge in [0.15, 0.2) is 11.6 Å². The van der Waals surface area contributed by atoms with Crippen molar-refractivity contribution in [2.75, 3.05) is 14.2 Å². The third-order valence-corrected chi connectivity index (χ3v) is 4.12. The minimum Gasteiger partial charge on any atom is -0.496 e. The third-order valence-electron chi connectivity index (χ3n) is 4.12. The maximum Gasteiger partial charge on any atom is 0.166 e. The van der Waals surface area contributed by atoms with Crippen LogP contribution >= 0.6 is 0 Å². The van der Waals surface area contributed by atoms with Gasteiger partial charge in [0.25, 0.3) is 0 Å². The number of carbonyl (C=O) groups excluding carboxylic acids is 2. The number of hydrogen-bond donors (Lipinski definition) is 0. The zero-order chi connectivity index (χ0) is 18.4. The first kappa shape index (κ1) is 18.7. The average molecular weight is 340 g/mol. The number of benzene rings is 2. The summed E-state index contributed by atoms with van der Waals surface area (Å²) in [4.78, 5) is 24.8. The minimum atomic E-state index is -0.0134. The fourth-order valence-electron chi connectivity index (χ4n) is 2.74. The summed E-state index contributed by atoms with van der Waals surface area (Å²) in [5, 5.41) is 0. The van der Waals surface area contributed by atoms with E-state index in [2.05, 4.69) is 0 Å². The van der Waals surface area contributed by atoms with Crippen LogP contribution < -0.4 is 9.47 Å². The zero-order valence-corrected chi connectivity index (χ0v) is 15.2. The molecule has 0 aliphatic heterocycles. The van der Waals surface area contributed by atoms with Crippen LogP contribution in [0.3, 0.4) is 0 Å². The summed E-state index contributed by atoms with van der Waals surface area (Å²) >= 11 is 0. The number of ether oxygens (including phenoxy) is 2. The highest BCUT2D eigenvalue weighted by atomic mass is 16.5. The van der Waals surface area contributed by atoms with Crippen molar-refractivity contribution in [2.24, 2.45) is 0 Å². The molecule has 0 N–H and O–H groups in total. The van der Waals surface area contributed by atoms with Crippen molar-refractivity contribution in [3.05, 3.63) is 58.7 Å². The van der Waals surface area contributed by atoms with Crippen LogP contribution in [0.4, 0.5) is 0 Å². The van der Waals surface area contributed by atoms with Crippen LogP contribution in [0.5, 0.6) is 11.5 Å². The summed E-state index contributed by atoms with van der Waals surface area (Å²) in [7, 11) is 3.11. The normalized spacial score (nSPS) is 10.4. The molecule has 0 aliphatic carbocycles. The minimum absolute atomic E-state index is 0.0134. The van der Waals surface area contributed by atoms with Crippen molar-refractivity contribution in [3.8, 4) is 11.5 Å². The van der Waals surface area contributed by atoms with Gasteiger partial charge in [-0.2, -0.15) is 0 Å². The lowest BCUT2D eigenvalue weighted by Crippen LogP contribution is -2.06. The van der Waals surface area contributed by atoms with Gasteiger partial charge in [-0.05, 0) is 55.7 Å². The van der Waals surface area contributed by atoms with E-state index in [0.717, 1.165) is 11.1 Å². The smallest absolute Gasteiger partial charge is 0.166 e. The molecule has 0 saturated carbocycles. The number of ketones is 2. The first-order chi connectivity index (χ1) is 12.0. The highest BCUT2D eigenvalue weighted by molar-refractivity contribution is 6.00. The average Bonchev–Trinajstić information content (AvgIpc) is 2.60. The molecular weight excluding hydrogens is 316 g/mol. The molecule has 0 fully saturated rings. The Morgan fingerprint density at radius 3 is 1.52 bits per heavy atom. The van der Waals surface area contributed by atoms with Gasteiger partial charge in [0, 0.05) is 12.8 Å². The molecule has 4 heteroatoms. The number of aryl methyl sites for hydroxylation is 2. The molecule has 0 atom stereocenters. The molecule has 0 saturated heterocycles. The summed E-state index contributed by atoms with van der Waals surface area (Å²) in [6.07, 6.45) is 1.10. The van der Waals surface area contributed by atoms with Crippen LogP contribution in [0.15, 0.2) is 36.4 Å². The Labute approximate surface area is 148 Å². The molecule has 2 rings (SSSR count). The van der Waals surface area contributed by atoms with Gasteiger partial charge >= 0.3 is 0 Å². The van der Waals surface area contributed by atoms with Gasteiger partial charge in [-0.3, -0.25) is 9.59 Å². The highest BCUT2D eigenvalue weighted by Crippen LogP contribution is 2.24. The molecule has 2 aromatic rings. The summed E-state index contributed by atoms with van der Waals surface area (Å²) in [5.74, 6) is 1.13. The zero-order valence-electron chi connectivity index (χ0n) is 15.2. The topological polar surface area (TPSA) is 52.6 Å². The monoisotopic (exact) mass is 340 g/mol. The number of carbonyl (C=O) groups is 2. The van der Waals surface area contributed by atoms with Crippen molar-refractivity contribution in [1.29, 1.82) is 0 Å². The molecule has 0 spiro atoms. The number of rotatable bonds is 8. The van der Waals surface area contributed by atoms with Gasteiger partial charge in [0.1, 0.15) is 11.5 Å². The lowest BCUT2D eigenvalue weighted by atomic mass is 9.99. The maximum atomic E-state index is 12.4. The Hall–Kier alpha value is -2.62. The van der Waals surface area contributed by atoms with Crippen molar-refractivity contribution in [1.82, 2.24) is 0 Å². The molecule has 25 heavy (non-hydrogen) atoms. The van der Waals surface area contributed by atoms with Crippen LogP contribution in [-0.4, -0.2) is 25.8 Å². The fraction of sp³-hybridized carbons (Fsp3) is 0.333. The van der Waals surface area contributed by atoms with E-state index in [-0.39, 0.29) is 11.6 Å². The molecule has 0 amide bonds. The van der Waals surface area contributed by atoms with E-state index in [9.17, 15) is 9.59 Å². The van der Waals surface area contributed by atoms with E-state index in [0.29, 0.717) is 41.9 Å². The highest BCUT2D eigenvalue weighted by Gasteiger charge is 2.15. The standard InChI is InChI=1S/C21H24O4/c1-14-8-10-16(20(12-14)24-3)18(22)6-5-7-19(23)17-11-9-15(2)13-21(17)25-4/h8-13H,5-7H2,1-4H3. The largest absolute Gasteiger partial charge is 0.496 e. The van der Waals surface area contributed by atoms with Crippen molar-refractivity contribution in [2.45, 2.75) is 33.1 Å². The lowest BCUT2D eigenvalue weighted by molar-refractivity contribution is 0.0954. The Morgan fingerprint density at radius 2 is 1.16 bits per heavy atom. The van der Waals surface area contributed by atoms with Crippen LogP contribution in [0.1, 0.15) is 51.1 Å². The van der Waals surface area contributed by atoms with E-state index in [1.54, 1.807) is 26.4 Å². The van der Waals surface area contributed by atoms with Crippen LogP contribution in [0.2, 0.25) is 0 Å². The van der Waals surface area contributed by atoms with E-state index in [4.69, 9.17) is 9.47 Å². The second kappa shape index (κ2) is 8.47. The van der Waals surface area contributed by atoms with Crippen LogP contribution in [0.25, 0.3) is 0 Å². The number of Topliss-reactive ketones (excluding diaryl/α,β-unsaturated/α-hetero) is 2. The van der Waals surface area contributed by atoms with Crippen molar-refractivity contribution >= 4 is 11.6 Å². The van der Waals surface area contributed by atoms with Gasteiger partial charge in [-0.15, -0.1) is 0 Å². The molecule has 132 valence electrons. The van der Waals surface area contributed by atoms with Gasteiger partial charge in [0.05, 0.1) is 25.3 Å². The summed E-state index contributed by atoms with van der Waals surface area (Å²) in [6.45, 7) is 3.90. The quantitative estimate of drug-likeness (QED) is 0.661. The first-order valence-electron chi connectivity index (χ1n) is 8.32. The molecule has 0 heterocycles. The molecule has 0 aliphatic rings. The lowest BCUT2D eigenvalue weighted by Gasteiger charge is -2.10. The molecule has 0 unspecified atom stereocenters. The summed E-state index contributed by atoms with van der Waals surface area (Å²) in [5.41, 5.74) is 3.20. The summed E-state index contributed by atoms with van der Waals surface area (Å²) < 4.78 is 10.6. The second-order valence-electron chi connectivity index (χ2n) is 6.11. The SMILES string of the molecule is COc1cc(C)ccc1C(=O)CCCC(=O)c1ccc(C)cc1OC. The third kappa shape index (κ3) is 4.69. The molecule has 4 nitrogen and oxygen atoms in total. The van der Waals surface area contributed by atoms with Crippen LogP contribution in [-0.2, 0) is 0 Å². The van der Waals surface area contributed by atoms with Gasteiger partial charge < -0.3 is 9.47 Å². The molecule has 2 aromatic carbocycles. The van der Waals surface area contributed by atoms with Crippen molar-refractivity contribution < 1.29 is 19.1 Å². The van der Waals surface area contributed by atoms with E-state index in [1.165, 1.54) is 0 Å². The molecular formula is C21H24O4. The predicted molar refractivity (Wildman–Crippen MR) is 98.0 cm³/mol. The van der Waals surface area contributed by atoms with E-state index < -0.39 is 0 Å². The second-order valence-corrected chi connectivity index (χ2v) is 6.11. The Morgan fingerprint density at radius 1 is 0.760 bits per heavy atom. The fourth-order valence-corrected chi connectivity index (χ4v) is 2.74. The maximum absolute atomic E-state index is 12.4. The van der Waals surface area contributed by atoms with Gasteiger partial charge in [-0.25, -0.2) is 0 Å². The van der Waals surface area contributed by atoms with Crippen molar-refractivity contribution in [3.63, 3.8) is 0 Å². The molecule has 0 radical (unpaired) electrons. The molecule has 0 bridgehead atoms. The van der Waals surface area contributed by atoms with Gasteiger partial charge in [-0.1, -0.05) is 12.1 Å². The first-order valence-corrected chi connectivity index (χ1v) is 8.32. The number of methoxy groups -OCH3 is 2. The molecule has 0 aromatic heterocycles. The summed E-state index contributed by atoms with van der Waals surface area (Å²) in [6, 6.07) is 11.0. The Kier molecular flexibility index (Phi) is 6.34.